The summed E-state index contributed by atoms with van der Waals surface area (Å²) in [4.78, 5) is 12.4. The SMILES string of the molecule is Cc1ccccc1-n1[nH]c(-c2ccccc2)c(Br)c1=O. The molecule has 4 heteroatoms. The predicted molar refractivity (Wildman–Crippen MR) is 84.3 cm³/mol. The van der Waals surface area contributed by atoms with Crippen molar-refractivity contribution < 1.29 is 0 Å². The van der Waals surface area contributed by atoms with E-state index in [2.05, 4.69) is 21.0 Å². The summed E-state index contributed by atoms with van der Waals surface area (Å²) in [5.74, 6) is 0. The van der Waals surface area contributed by atoms with Gasteiger partial charge in [-0.3, -0.25) is 9.89 Å². The second-order valence-electron chi connectivity index (χ2n) is 4.59. The average Bonchev–Trinajstić information content (AvgIpc) is 2.77. The van der Waals surface area contributed by atoms with E-state index in [4.69, 9.17) is 0 Å². The number of nitrogens with one attached hydrogen (secondary N) is 1. The maximum Gasteiger partial charge on any atom is 0.286 e. The highest BCUT2D eigenvalue weighted by atomic mass is 79.9. The number of hydrogen-bond donors (Lipinski definition) is 1. The van der Waals surface area contributed by atoms with Crippen LogP contribution in [0.3, 0.4) is 0 Å². The van der Waals surface area contributed by atoms with E-state index in [1.54, 1.807) is 4.68 Å². The van der Waals surface area contributed by atoms with E-state index in [0.717, 1.165) is 22.5 Å². The lowest BCUT2D eigenvalue weighted by molar-refractivity contribution is 0.844. The number of aryl methyl sites for hydroxylation is 1. The molecule has 3 nitrogen and oxygen atoms in total. The summed E-state index contributed by atoms with van der Waals surface area (Å²) in [6, 6.07) is 17.6. The van der Waals surface area contributed by atoms with Crippen molar-refractivity contribution in [1.29, 1.82) is 0 Å². The molecular weight excluding hydrogens is 316 g/mol. The van der Waals surface area contributed by atoms with Gasteiger partial charge in [-0.2, -0.15) is 0 Å². The maximum absolute atomic E-state index is 12.4. The molecule has 3 aromatic rings. The van der Waals surface area contributed by atoms with Crippen LogP contribution >= 0.6 is 15.9 Å². The second-order valence-corrected chi connectivity index (χ2v) is 5.39. The van der Waals surface area contributed by atoms with Crippen LogP contribution in [0.4, 0.5) is 0 Å². The second kappa shape index (κ2) is 5.13. The number of rotatable bonds is 2. The van der Waals surface area contributed by atoms with Gasteiger partial charge in [-0.05, 0) is 34.5 Å². The van der Waals surface area contributed by atoms with Crippen LogP contribution in [0.2, 0.25) is 0 Å². The number of para-hydroxylation sites is 1. The van der Waals surface area contributed by atoms with Crippen LogP contribution in [0.25, 0.3) is 16.9 Å². The van der Waals surface area contributed by atoms with Gasteiger partial charge in [0, 0.05) is 5.56 Å². The summed E-state index contributed by atoms with van der Waals surface area (Å²) in [6.07, 6.45) is 0. The Kier molecular flexibility index (Phi) is 3.32. The van der Waals surface area contributed by atoms with Gasteiger partial charge in [-0.15, -0.1) is 0 Å². The number of halogens is 1. The lowest BCUT2D eigenvalue weighted by atomic mass is 10.2. The monoisotopic (exact) mass is 328 g/mol. The van der Waals surface area contributed by atoms with Crippen molar-refractivity contribution in [3.05, 3.63) is 75.0 Å². The molecule has 0 aliphatic heterocycles. The fraction of sp³-hybridized carbons (Fsp3) is 0.0625. The van der Waals surface area contributed by atoms with Crippen molar-refractivity contribution in [2.75, 3.05) is 0 Å². The Labute approximate surface area is 125 Å². The van der Waals surface area contributed by atoms with Crippen molar-refractivity contribution in [1.82, 2.24) is 9.78 Å². The van der Waals surface area contributed by atoms with Gasteiger partial charge in [-0.25, -0.2) is 4.68 Å². The van der Waals surface area contributed by atoms with Crippen molar-refractivity contribution >= 4 is 15.9 Å². The van der Waals surface area contributed by atoms with Crippen LogP contribution < -0.4 is 5.56 Å². The Hall–Kier alpha value is -2.07. The first-order chi connectivity index (χ1) is 9.68. The fourth-order valence-corrected chi connectivity index (χ4v) is 2.69. The molecule has 0 bridgehead atoms. The van der Waals surface area contributed by atoms with Gasteiger partial charge < -0.3 is 0 Å². The Bertz CT molecular complexity index is 803. The zero-order valence-electron chi connectivity index (χ0n) is 10.9. The van der Waals surface area contributed by atoms with Crippen molar-refractivity contribution in [2.24, 2.45) is 0 Å². The van der Waals surface area contributed by atoms with Crippen LogP contribution in [0.1, 0.15) is 5.56 Å². The number of nitrogens with zero attached hydrogens (tertiary/aromatic N) is 1. The molecule has 0 aliphatic rings. The van der Waals surface area contributed by atoms with Crippen molar-refractivity contribution in [2.45, 2.75) is 6.92 Å². The summed E-state index contributed by atoms with van der Waals surface area (Å²) in [7, 11) is 0. The van der Waals surface area contributed by atoms with E-state index < -0.39 is 0 Å². The summed E-state index contributed by atoms with van der Waals surface area (Å²) in [5, 5.41) is 3.18. The molecule has 0 spiro atoms. The molecule has 0 amide bonds. The van der Waals surface area contributed by atoms with E-state index >= 15 is 0 Å². The Morgan fingerprint density at radius 2 is 1.65 bits per heavy atom. The summed E-state index contributed by atoms with van der Waals surface area (Å²) in [6.45, 7) is 1.98. The van der Waals surface area contributed by atoms with Gasteiger partial charge in [-0.1, -0.05) is 48.5 Å². The zero-order valence-corrected chi connectivity index (χ0v) is 12.5. The third-order valence-electron chi connectivity index (χ3n) is 3.25. The van der Waals surface area contributed by atoms with Crippen LogP contribution in [0.5, 0.6) is 0 Å². The fourth-order valence-electron chi connectivity index (χ4n) is 2.20. The molecule has 100 valence electrons. The number of aromatic nitrogens is 2. The summed E-state index contributed by atoms with van der Waals surface area (Å²) < 4.78 is 2.12. The average molecular weight is 329 g/mol. The Morgan fingerprint density at radius 3 is 2.35 bits per heavy atom. The third kappa shape index (κ3) is 2.12. The van der Waals surface area contributed by atoms with Crippen molar-refractivity contribution in [3.63, 3.8) is 0 Å². The van der Waals surface area contributed by atoms with E-state index in [9.17, 15) is 4.79 Å². The molecule has 1 aromatic heterocycles. The molecule has 0 atom stereocenters. The zero-order chi connectivity index (χ0) is 14.1. The molecular formula is C16H13BrN2O. The normalized spacial score (nSPS) is 10.7. The smallest absolute Gasteiger partial charge is 0.286 e. The minimum Gasteiger partial charge on any atom is -0.289 e. The van der Waals surface area contributed by atoms with E-state index in [-0.39, 0.29) is 5.56 Å². The molecule has 1 N–H and O–H groups in total. The molecule has 3 rings (SSSR count). The lowest BCUT2D eigenvalue weighted by Crippen LogP contribution is -2.15. The van der Waals surface area contributed by atoms with Gasteiger partial charge in [0.05, 0.1) is 11.4 Å². The van der Waals surface area contributed by atoms with Crippen LogP contribution in [0, 0.1) is 6.92 Å². The number of benzene rings is 2. The van der Waals surface area contributed by atoms with Crippen LogP contribution in [-0.4, -0.2) is 9.78 Å². The van der Waals surface area contributed by atoms with Gasteiger partial charge in [0.15, 0.2) is 0 Å². The third-order valence-corrected chi connectivity index (χ3v) is 3.99. The number of H-pyrrole nitrogens is 1. The van der Waals surface area contributed by atoms with Gasteiger partial charge in [0.1, 0.15) is 4.47 Å². The molecule has 20 heavy (non-hydrogen) atoms. The predicted octanol–water partition coefficient (Wildman–Crippen LogP) is 3.90. The van der Waals surface area contributed by atoms with Crippen LogP contribution in [0.15, 0.2) is 63.9 Å². The summed E-state index contributed by atoms with van der Waals surface area (Å²) in [5.41, 5.74) is 3.59. The van der Waals surface area contributed by atoms with Crippen LogP contribution in [-0.2, 0) is 0 Å². The topological polar surface area (TPSA) is 37.8 Å². The van der Waals surface area contributed by atoms with E-state index in [0.29, 0.717) is 4.47 Å². The minimum atomic E-state index is -0.0850. The van der Waals surface area contributed by atoms with Gasteiger partial charge >= 0.3 is 0 Å². The lowest BCUT2D eigenvalue weighted by Gasteiger charge is -2.05. The van der Waals surface area contributed by atoms with Crippen molar-refractivity contribution in [3.8, 4) is 16.9 Å². The number of aromatic amines is 1. The highest BCUT2D eigenvalue weighted by molar-refractivity contribution is 9.10. The van der Waals surface area contributed by atoms with E-state index in [1.807, 2.05) is 61.5 Å². The quantitative estimate of drug-likeness (QED) is 0.761. The summed E-state index contributed by atoms with van der Waals surface area (Å²) >= 11 is 3.40. The maximum atomic E-state index is 12.4. The molecule has 0 fully saturated rings. The highest BCUT2D eigenvalue weighted by Gasteiger charge is 2.14. The molecule has 0 unspecified atom stereocenters. The van der Waals surface area contributed by atoms with Gasteiger partial charge in [0.2, 0.25) is 0 Å². The molecule has 0 saturated heterocycles. The molecule has 0 saturated carbocycles. The first-order valence-corrected chi connectivity index (χ1v) is 7.09. The largest absolute Gasteiger partial charge is 0.289 e. The minimum absolute atomic E-state index is 0.0850. The first kappa shape index (κ1) is 12.9. The highest BCUT2D eigenvalue weighted by Crippen LogP contribution is 2.24. The Balaban J connectivity index is 2.22. The molecule has 0 aliphatic carbocycles. The standard InChI is InChI=1S/C16H13BrN2O/c1-11-7-5-6-10-13(11)19-16(20)14(17)15(18-19)12-8-3-2-4-9-12/h2-10,18H,1H3. The molecule has 2 aromatic carbocycles. The van der Waals surface area contributed by atoms with E-state index in [1.165, 1.54) is 0 Å². The number of hydrogen-bond acceptors (Lipinski definition) is 1. The first-order valence-electron chi connectivity index (χ1n) is 6.30. The molecule has 0 radical (unpaired) electrons. The van der Waals surface area contributed by atoms with Gasteiger partial charge in [0.25, 0.3) is 5.56 Å². The molecule has 1 heterocycles. The Morgan fingerprint density at radius 1 is 1.00 bits per heavy atom.